The van der Waals surface area contributed by atoms with Gasteiger partial charge in [-0.3, -0.25) is 14.9 Å². The molecular formula is C20H20FN5O. The van der Waals surface area contributed by atoms with Crippen molar-refractivity contribution >= 4 is 11.7 Å². The lowest BCUT2D eigenvalue weighted by molar-refractivity contribution is 0.0931. The van der Waals surface area contributed by atoms with E-state index >= 15 is 0 Å². The third-order valence-corrected chi connectivity index (χ3v) is 4.82. The second kappa shape index (κ2) is 7.57. The van der Waals surface area contributed by atoms with Gasteiger partial charge in [-0.05, 0) is 54.8 Å². The average Bonchev–Trinajstić information content (AvgIpc) is 3.20. The van der Waals surface area contributed by atoms with Gasteiger partial charge < -0.3 is 10.2 Å². The van der Waals surface area contributed by atoms with E-state index in [1.807, 2.05) is 6.07 Å². The first-order chi connectivity index (χ1) is 13.2. The van der Waals surface area contributed by atoms with E-state index in [4.69, 9.17) is 0 Å². The molecule has 2 N–H and O–H groups in total. The number of benzene rings is 1. The zero-order chi connectivity index (χ0) is 18.6. The first-order valence-electron chi connectivity index (χ1n) is 8.96. The van der Waals surface area contributed by atoms with Crippen molar-refractivity contribution in [3.63, 3.8) is 0 Å². The molecule has 0 aliphatic carbocycles. The van der Waals surface area contributed by atoms with Gasteiger partial charge in [-0.15, -0.1) is 0 Å². The minimum Gasteiger partial charge on any atom is -0.355 e. The number of H-pyrrole nitrogens is 1. The maximum absolute atomic E-state index is 13.1. The summed E-state index contributed by atoms with van der Waals surface area (Å²) >= 11 is 0. The van der Waals surface area contributed by atoms with Crippen LogP contribution in [0.1, 0.15) is 23.2 Å². The van der Waals surface area contributed by atoms with Gasteiger partial charge in [0.2, 0.25) is 0 Å². The summed E-state index contributed by atoms with van der Waals surface area (Å²) in [6, 6.07) is 11.9. The van der Waals surface area contributed by atoms with Gasteiger partial charge in [0.05, 0.1) is 5.69 Å². The molecule has 27 heavy (non-hydrogen) atoms. The van der Waals surface area contributed by atoms with Crippen molar-refractivity contribution in [2.24, 2.45) is 0 Å². The van der Waals surface area contributed by atoms with Gasteiger partial charge in [0.25, 0.3) is 5.91 Å². The Labute approximate surface area is 156 Å². The molecule has 3 aromatic rings. The Hall–Kier alpha value is -3.22. The molecule has 0 saturated carbocycles. The Morgan fingerprint density at radius 1 is 1.11 bits per heavy atom. The highest BCUT2D eigenvalue weighted by Gasteiger charge is 2.22. The number of piperidine rings is 1. The number of amides is 1. The molecule has 7 heteroatoms. The number of rotatable bonds is 4. The lowest BCUT2D eigenvalue weighted by Gasteiger charge is -2.32. The number of pyridine rings is 1. The topological polar surface area (TPSA) is 73.9 Å². The molecule has 3 heterocycles. The molecule has 0 atom stereocenters. The normalized spacial score (nSPS) is 14.9. The largest absolute Gasteiger partial charge is 0.355 e. The third-order valence-electron chi connectivity index (χ3n) is 4.82. The number of aromatic nitrogens is 3. The highest BCUT2D eigenvalue weighted by atomic mass is 19.1. The van der Waals surface area contributed by atoms with Crippen LogP contribution in [0, 0.1) is 5.82 Å². The minimum atomic E-state index is -0.255. The molecule has 1 saturated heterocycles. The Balaban J connectivity index is 1.34. The van der Waals surface area contributed by atoms with Crippen LogP contribution >= 0.6 is 0 Å². The van der Waals surface area contributed by atoms with Crippen LogP contribution in [0.25, 0.3) is 11.3 Å². The number of carbonyl (C=O) groups is 1. The summed E-state index contributed by atoms with van der Waals surface area (Å²) in [5.74, 6) is 0.553. The van der Waals surface area contributed by atoms with E-state index in [1.54, 1.807) is 36.7 Å². The van der Waals surface area contributed by atoms with Gasteiger partial charge in [0.1, 0.15) is 5.82 Å². The highest BCUT2D eigenvalue weighted by Crippen LogP contribution is 2.24. The number of hydrogen-bond acceptors (Lipinski definition) is 4. The van der Waals surface area contributed by atoms with Crippen molar-refractivity contribution in [3.05, 3.63) is 66.2 Å². The van der Waals surface area contributed by atoms with Gasteiger partial charge in [-0.1, -0.05) is 0 Å². The Morgan fingerprint density at radius 2 is 1.81 bits per heavy atom. The van der Waals surface area contributed by atoms with Gasteiger partial charge in [0.15, 0.2) is 5.82 Å². The number of nitrogens with one attached hydrogen (secondary N) is 2. The molecule has 6 nitrogen and oxygen atoms in total. The number of anilines is 1. The molecular weight excluding hydrogens is 345 g/mol. The number of nitrogens with zero attached hydrogens (tertiary/aromatic N) is 3. The molecule has 138 valence electrons. The maximum atomic E-state index is 13.1. The van der Waals surface area contributed by atoms with Crippen molar-refractivity contribution in [3.8, 4) is 11.3 Å². The van der Waals surface area contributed by atoms with Crippen molar-refractivity contribution < 1.29 is 9.18 Å². The van der Waals surface area contributed by atoms with Crippen LogP contribution in [0.2, 0.25) is 0 Å². The maximum Gasteiger partial charge on any atom is 0.251 e. The molecule has 0 unspecified atom stereocenters. The van der Waals surface area contributed by atoms with Crippen LogP contribution < -0.4 is 10.2 Å². The van der Waals surface area contributed by atoms with E-state index in [-0.39, 0.29) is 17.8 Å². The minimum absolute atomic E-state index is 0.0609. The second-order valence-electron chi connectivity index (χ2n) is 6.62. The van der Waals surface area contributed by atoms with E-state index in [1.165, 1.54) is 12.1 Å². The van der Waals surface area contributed by atoms with Gasteiger partial charge in [0, 0.05) is 43.2 Å². The molecule has 0 spiro atoms. The molecule has 0 radical (unpaired) electrons. The predicted molar refractivity (Wildman–Crippen MR) is 101 cm³/mol. The van der Waals surface area contributed by atoms with Gasteiger partial charge >= 0.3 is 0 Å². The first-order valence-corrected chi connectivity index (χ1v) is 8.96. The molecule has 4 rings (SSSR count). The van der Waals surface area contributed by atoms with E-state index < -0.39 is 0 Å². The fourth-order valence-corrected chi connectivity index (χ4v) is 3.28. The Morgan fingerprint density at radius 3 is 2.52 bits per heavy atom. The summed E-state index contributed by atoms with van der Waals surface area (Å²) < 4.78 is 13.1. The predicted octanol–water partition coefficient (Wildman–Crippen LogP) is 3.01. The molecule has 1 aliphatic rings. The summed E-state index contributed by atoms with van der Waals surface area (Å²) in [5.41, 5.74) is 2.39. The molecule has 2 aromatic heterocycles. The number of aromatic amines is 1. The van der Waals surface area contributed by atoms with Crippen LogP contribution in [0.15, 0.2) is 54.9 Å². The van der Waals surface area contributed by atoms with Crippen molar-refractivity contribution in [1.82, 2.24) is 20.5 Å². The number of hydrogen-bond donors (Lipinski definition) is 2. The zero-order valence-electron chi connectivity index (χ0n) is 14.7. The van der Waals surface area contributed by atoms with Crippen LogP contribution in [-0.2, 0) is 0 Å². The number of halogens is 1. The SMILES string of the molecule is O=C(NC1CCN(c2cc(-c3ccc(F)cc3)[nH]n2)CC1)c1ccncc1. The summed E-state index contributed by atoms with van der Waals surface area (Å²) in [4.78, 5) is 18.4. The van der Waals surface area contributed by atoms with E-state index in [2.05, 4.69) is 25.4 Å². The lowest BCUT2D eigenvalue weighted by atomic mass is 10.0. The van der Waals surface area contributed by atoms with Crippen LogP contribution in [-0.4, -0.2) is 40.2 Å². The monoisotopic (exact) mass is 365 g/mol. The van der Waals surface area contributed by atoms with Gasteiger partial charge in [-0.25, -0.2) is 4.39 Å². The highest BCUT2D eigenvalue weighted by molar-refractivity contribution is 5.94. The fourth-order valence-electron chi connectivity index (χ4n) is 3.28. The van der Waals surface area contributed by atoms with Gasteiger partial charge in [-0.2, -0.15) is 5.10 Å². The average molecular weight is 365 g/mol. The molecule has 1 aromatic carbocycles. The lowest BCUT2D eigenvalue weighted by Crippen LogP contribution is -2.44. The van der Waals surface area contributed by atoms with Crippen LogP contribution in [0.4, 0.5) is 10.2 Å². The molecule has 0 bridgehead atoms. The van der Waals surface area contributed by atoms with Crippen LogP contribution in [0.3, 0.4) is 0 Å². The summed E-state index contributed by atoms with van der Waals surface area (Å²) in [6.45, 7) is 1.63. The smallest absolute Gasteiger partial charge is 0.251 e. The fraction of sp³-hybridized carbons (Fsp3) is 0.250. The van der Waals surface area contributed by atoms with Crippen molar-refractivity contribution in [2.75, 3.05) is 18.0 Å². The zero-order valence-corrected chi connectivity index (χ0v) is 14.7. The summed E-state index contributed by atoms with van der Waals surface area (Å²) in [7, 11) is 0. The molecule has 1 aliphatic heterocycles. The summed E-state index contributed by atoms with van der Waals surface area (Å²) in [6.07, 6.45) is 4.95. The second-order valence-corrected chi connectivity index (χ2v) is 6.62. The van der Waals surface area contributed by atoms with Crippen LogP contribution in [0.5, 0.6) is 0 Å². The van der Waals surface area contributed by atoms with Crippen molar-refractivity contribution in [1.29, 1.82) is 0 Å². The quantitative estimate of drug-likeness (QED) is 0.745. The summed E-state index contributed by atoms with van der Waals surface area (Å²) in [5, 5.41) is 10.5. The standard InChI is InChI=1S/C20H20FN5O/c21-16-3-1-14(2-4-16)18-13-19(25-24-18)26-11-7-17(8-12-26)23-20(27)15-5-9-22-10-6-15/h1-6,9-10,13,17H,7-8,11-12H2,(H,23,27)(H,24,25). The Bertz CT molecular complexity index is 902. The molecule has 1 amide bonds. The van der Waals surface area contributed by atoms with Crippen molar-refractivity contribution in [2.45, 2.75) is 18.9 Å². The number of carbonyl (C=O) groups excluding carboxylic acids is 1. The van der Waals surface area contributed by atoms with E-state index in [0.717, 1.165) is 43.0 Å². The third kappa shape index (κ3) is 3.97. The molecule has 1 fully saturated rings. The Kier molecular flexibility index (Phi) is 4.82. The van der Waals surface area contributed by atoms with E-state index in [0.29, 0.717) is 5.56 Å². The van der Waals surface area contributed by atoms with E-state index in [9.17, 15) is 9.18 Å². The first kappa shape index (κ1) is 17.2.